The first kappa shape index (κ1) is 16.3. The van der Waals surface area contributed by atoms with Gasteiger partial charge in [0.05, 0.1) is 0 Å². The fourth-order valence-corrected chi connectivity index (χ4v) is 6.22. The molecule has 0 aliphatic carbocycles. The third-order valence-corrected chi connectivity index (χ3v) is 7.58. The Labute approximate surface area is 132 Å². The van der Waals surface area contributed by atoms with E-state index in [1.54, 1.807) is 0 Å². The van der Waals surface area contributed by atoms with Crippen molar-refractivity contribution in [1.29, 1.82) is 0 Å². The van der Waals surface area contributed by atoms with Crippen molar-refractivity contribution in [2.75, 3.05) is 18.1 Å². The molecule has 0 spiro atoms. The van der Waals surface area contributed by atoms with Crippen molar-refractivity contribution in [1.82, 2.24) is 5.32 Å². The van der Waals surface area contributed by atoms with Crippen LogP contribution in [0.25, 0.3) is 0 Å². The van der Waals surface area contributed by atoms with Gasteiger partial charge in [-0.3, -0.25) is 0 Å². The molecule has 0 saturated carbocycles. The molecular formula is C17H27NS2. The van der Waals surface area contributed by atoms with Gasteiger partial charge in [0.15, 0.2) is 0 Å². The van der Waals surface area contributed by atoms with E-state index in [4.69, 9.17) is 0 Å². The molecule has 3 unspecified atom stereocenters. The third-order valence-electron chi connectivity index (χ3n) is 4.23. The summed E-state index contributed by atoms with van der Waals surface area (Å²) in [5, 5.41) is 5.24. The van der Waals surface area contributed by atoms with Crippen molar-refractivity contribution in [2.24, 2.45) is 0 Å². The molecule has 112 valence electrons. The third kappa shape index (κ3) is 3.55. The van der Waals surface area contributed by atoms with Crippen molar-refractivity contribution >= 4 is 23.5 Å². The highest BCUT2D eigenvalue weighted by molar-refractivity contribution is 8.07. The lowest BCUT2D eigenvalue weighted by Gasteiger charge is -2.37. The Kier molecular flexibility index (Phi) is 6.31. The van der Waals surface area contributed by atoms with E-state index < -0.39 is 0 Å². The van der Waals surface area contributed by atoms with Gasteiger partial charge in [0, 0.05) is 28.0 Å². The summed E-state index contributed by atoms with van der Waals surface area (Å²) < 4.78 is 0. The van der Waals surface area contributed by atoms with Crippen LogP contribution in [0.15, 0.2) is 18.2 Å². The van der Waals surface area contributed by atoms with Crippen LogP contribution in [0.4, 0.5) is 0 Å². The molecule has 1 aliphatic rings. The number of benzene rings is 1. The van der Waals surface area contributed by atoms with Gasteiger partial charge in [-0.25, -0.2) is 0 Å². The summed E-state index contributed by atoms with van der Waals surface area (Å²) in [6.07, 6.45) is 1.27. The lowest BCUT2D eigenvalue weighted by Crippen LogP contribution is -2.39. The Morgan fingerprint density at radius 2 is 1.95 bits per heavy atom. The molecule has 1 N–H and O–H groups in total. The summed E-state index contributed by atoms with van der Waals surface area (Å²) in [5.41, 5.74) is 4.38. The fraction of sp³-hybridized carbons (Fsp3) is 0.647. The maximum atomic E-state index is 3.77. The lowest BCUT2D eigenvalue weighted by molar-refractivity contribution is 0.510. The number of hydrogen-bond donors (Lipinski definition) is 1. The summed E-state index contributed by atoms with van der Waals surface area (Å²) in [6, 6.07) is 7.25. The Morgan fingerprint density at radius 1 is 1.20 bits per heavy atom. The van der Waals surface area contributed by atoms with Crippen molar-refractivity contribution in [3.63, 3.8) is 0 Å². The first-order valence-electron chi connectivity index (χ1n) is 7.71. The summed E-state index contributed by atoms with van der Waals surface area (Å²) in [4.78, 5) is 0. The fourth-order valence-electron chi connectivity index (χ4n) is 2.98. The Bertz CT molecular complexity index is 433. The van der Waals surface area contributed by atoms with Crippen molar-refractivity contribution in [3.8, 4) is 0 Å². The Balaban J connectivity index is 2.32. The predicted molar refractivity (Wildman–Crippen MR) is 95.1 cm³/mol. The Morgan fingerprint density at radius 3 is 2.65 bits per heavy atom. The molecule has 1 aromatic carbocycles. The normalized spacial score (nSPS) is 24.6. The number of rotatable bonds is 5. The molecule has 1 nitrogen and oxygen atoms in total. The van der Waals surface area contributed by atoms with Gasteiger partial charge in [-0.1, -0.05) is 32.0 Å². The minimum absolute atomic E-state index is 0.489. The van der Waals surface area contributed by atoms with E-state index in [0.717, 1.165) is 11.8 Å². The topological polar surface area (TPSA) is 12.0 Å². The average Bonchev–Trinajstić information content (AvgIpc) is 2.48. The van der Waals surface area contributed by atoms with Gasteiger partial charge in [0.2, 0.25) is 0 Å². The monoisotopic (exact) mass is 309 g/mol. The number of thioether (sulfide) groups is 2. The van der Waals surface area contributed by atoms with E-state index in [-0.39, 0.29) is 0 Å². The van der Waals surface area contributed by atoms with Crippen LogP contribution in [0.2, 0.25) is 0 Å². The molecule has 1 heterocycles. The molecule has 2 rings (SSSR count). The molecule has 1 aliphatic heterocycles. The molecule has 0 bridgehead atoms. The highest BCUT2D eigenvalue weighted by Gasteiger charge is 2.33. The van der Waals surface area contributed by atoms with E-state index in [2.05, 4.69) is 74.7 Å². The molecule has 1 aromatic rings. The highest BCUT2D eigenvalue weighted by atomic mass is 32.2. The maximum absolute atomic E-state index is 3.77. The second kappa shape index (κ2) is 7.77. The minimum Gasteiger partial charge on any atom is -0.309 e. The van der Waals surface area contributed by atoms with Gasteiger partial charge >= 0.3 is 0 Å². The number of hydrogen-bond acceptors (Lipinski definition) is 3. The van der Waals surface area contributed by atoms with E-state index >= 15 is 0 Å². The first-order chi connectivity index (χ1) is 9.69. The second-order valence-electron chi connectivity index (χ2n) is 5.48. The van der Waals surface area contributed by atoms with Crippen LogP contribution in [0.1, 0.15) is 43.0 Å². The van der Waals surface area contributed by atoms with Gasteiger partial charge in [0.1, 0.15) is 0 Å². The van der Waals surface area contributed by atoms with Crippen LogP contribution < -0.4 is 5.32 Å². The maximum Gasteiger partial charge on any atom is 0.0454 e. The van der Waals surface area contributed by atoms with Crippen molar-refractivity contribution < 1.29 is 0 Å². The van der Waals surface area contributed by atoms with Crippen LogP contribution in [0.5, 0.6) is 0 Å². The zero-order valence-electron chi connectivity index (χ0n) is 13.1. The standard InChI is InChI=1S/C17H27NS2/c1-5-15-17(20-11-10-19-15)16(18-6-2)14-9-7-8-12(3)13(14)4/h7-9,15-18H,5-6,10-11H2,1-4H3. The molecule has 0 radical (unpaired) electrons. The number of aryl methyl sites for hydroxylation is 1. The van der Waals surface area contributed by atoms with Gasteiger partial charge in [0.25, 0.3) is 0 Å². The van der Waals surface area contributed by atoms with Crippen LogP contribution in [-0.4, -0.2) is 28.6 Å². The van der Waals surface area contributed by atoms with Crippen LogP contribution in [0.3, 0.4) is 0 Å². The second-order valence-corrected chi connectivity index (χ2v) is 8.11. The molecule has 0 aromatic heterocycles. The molecule has 3 atom stereocenters. The predicted octanol–water partition coefficient (Wildman–Crippen LogP) is 4.58. The summed E-state index contributed by atoms with van der Waals surface area (Å²) in [7, 11) is 0. The van der Waals surface area contributed by atoms with Gasteiger partial charge in [-0.2, -0.15) is 23.5 Å². The molecule has 0 amide bonds. The quantitative estimate of drug-likeness (QED) is 0.855. The number of nitrogens with one attached hydrogen (secondary N) is 1. The Hall–Kier alpha value is -0.120. The van der Waals surface area contributed by atoms with Gasteiger partial charge in [-0.15, -0.1) is 0 Å². The first-order valence-corrected chi connectivity index (χ1v) is 9.81. The average molecular weight is 310 g/mol. The summed E-state index contributed by atoms with van der Waals surface area (Å²) in [6.45, 7) is 10.1. The molecule has 1 fully saturated rings. The van der Waals surface area contributed by atoms with Gasteiger partial charge < -0.3 is 5.32 Å². The van der Waals surface area contributed by atoms with E-state index in [1.807, 2.05) is 0 Å². The largest absolute Gasteiger partial charge is 0.309 e. The molecule has 20 heavy (non-hydrogen) atoms. The van der Waals surface area contributed by atoms with Crippen LogP contribution in [-0.2, 0) is 0 Å². The smallest absolute Gasteiger partial charge is 0.0454 e. The van der Waals surface area contributed by atoms with E-state index in [9.17, 15) is 0 Å². The summed E-state index contributed by atoms with van der Waals surface area (Å²) in [5.74, 6) is 2.60. The van der Waals surface area contributed by atoms with Crippen LogP contribution in [0, 0.1) is 13.8 Å². The zero-order chi connectivity index (χ0) is 14.5. The lowest BCUT2D eigenvalue weighted by atomic mass is 9.93. The van der Waals surface area contributed by atoms with Crippen molar-refractivity contribution in [2.45, 2.75) is 50.7 Å². The minimum atomic E-state index is 0.489. The molecular weight excluding hydrogens is 282 g/mol. The van der Waals surface area contributed by atoms with Crippen LogP contribution >= 0.6 is 23.5 Å². The zero-order valence-corrected chi connectivity index (χ0v) is 14.7. The van der Waals surface area contributed by atoms with Gasteiger partial charge in [-0.05, 0) is 43.5 Å². The SMILES string of the molecule is CCNC(c1cccc(C)c1C)C1SCCSC1CC. The van der Waals surface area contributed by atoms with E-state index in [0.29, 0.717) is 11.3 Å². The molecule has 1 saturated heterocycles. The van der Waals surface area contributed by atoms with E-state index in [1.165, 1.54) is 34.6 Å². The van der Waals surface area contributed by atoms with Crippen molar-refractivity contribution in [3.05, 3.63) is 34.9 Å². The highest BCUT2D eigenvalue weighted by Crippen LogP contribution is 2.41. The summed E-state index contributed by atoms with van der Waals surface area (Å²) >= 11 is 4.34. The molecule has 3 heteroatoms.